The van der Waals surface area contributed by atoms with Crippen molar-refractivity contribution in [1.82, 2.24) is 5.43 Å². The van der Waals surface area contributed by atoms with Crippen LogP contribution in [0.2, 0.25) is 0 Å². The number of hydrogen-bond donors (Lipinski definition) is 4. The van der Waals surface area contributed by atoms with Gasteiger partial charge in [-0.15, -0.1) is 0 Å². The number of amidine groups is 1. The normalized spacial score (nSPS) is 14.4. The van der Waals surface area contributed by atoms with Gasteiger partial charge >= 0.3 is 0 Å². The number of furan rings is 1. The molecule has 0 radical (unpaired) electrons. The molecule has 11 heteroatoms. The lowest BCUT2D eigenvalue weighted by Gasteiger charge is -2.26. The van der Waals surface area contributed by atoms with Crippen LogP contribution in [0.4, 0.5) is 14.5 Å². The van der Waals surface area contributed by atoms with E-state index in [9.17, 15) is 13.6 Å². The molecule has 3 aromatic rings. The Morgan fingerprint density at radius 1 is 1.17 bits per heavy atom. The Balaban J connectivity index is 1.56. The summed E-state index contributed by atoms with van der Waals surface area (Å²) in [6, 6.07) is 6.45. The first-order valence-electron chi connectivity index (χ1n) is 8.81. The molecule has 1 aliphatic heterocycles. The Morgan fingerprint density at radius 3 is 2.60 bits per heavy atom. The van der Waals surface area contributed by atoms with Gasteiger partial charge in [0, 0.05) is 17.1 Å². The van der Waals surface area contributed by atoms with E-state index in [0.717, 1.165) is 12.1 Å². The first kappa shape index (κ1) is 19.6. The van der Waals surface area contributed by atoms with Gasteiger partial charge in [-0.2, -0.15) is 5.10 Å². The van der Waals surface area contributed by atoms with Crippen molar-refractivity contribution >= 4 is 28.4 Å². The lowest BCUT2D eigenvalue weighted by molar-refractivity contribution is -0.0808. The van der Waals surface area contributed by atoms with Gasteiger partial charge in [0.25, 0.3) is 5.91 Å². The molecular formula is C19H17F2N5O4. The van der Waals surface area contributed by atoms with Crippen LogP contribution in [0.5, 0.6) is 5.75 Å². The molecule has 2 aromatic carbocycles. The van der Waals surface area contributed by atoms with Crippen molar-refractivity contribution < 1.29 is 27.5 Å². The second-order valence-electron chi connectivity index (χ2n) is 6.48. The average molecular weight is 417 g/mol. The van der Waals surface area contributed by atoms with Gasteiger partial charge in [0.05, 0.1) is 24.3 Å². The first-order valence-corrected chi connectivity index (χ1v) is 8.81. The van der Waals surface area contributed by atoms with Crippen LogP contribution in [-0.2, 0) is 4.74 Å². The van der Waals surface area contributed by atoms with Crippen molar-refractivity contribution in [3.05, 3.63) is 59.4 Å². The highest BCUT2D eigenvalue weighted by molar-refractivity contribution is 6.13. The highest BCUT2D eigenvalue weighted by atomic mass is 19.1. The third-order valence-electron chi connectivity index (χ3n) is 4.52. The Kier molecular flexibility index (Phi) is 5.21. The van der Waals surface area contributed by atoms with Crippen LogP contribution in [0.3, 0.4) is 0 Å². The predicted octanol–water partition coefficient (Wildman–Crippen LogP) is 1.82. The van der Waals surface area contributed by atoms with Crippen LogP contribution in [0, 0.1) is 11.6 Å². The zero-order chi connectivity index (χ0) is 21.3. The molecule has 30 heavy (non-hydrogen) atoms. The number of fused-ring (bicyclic) bond motifs is 1. The number of hydrogen-bond acceptors (Lipinski definition) is 7. The van der Waals surface area contributed by atoms with E-state index in [1.165, 1.54) is 24.5 Å². The Morgan fingerprint density at radius 2 is 1.97 bits per heavy atom. The number of rotatable bonds is 5. The summed E-state index contributed by atoms with van der Waals surface area (Å²) in [5, 5.41) is 6.11. The molecule has 1 saturated heterocycles. The van der Waals surface area contributed by atoms with Gasteiger partial charge in [-0.05, 0) is 24.3 Å². The fraction of sp³-hybridized carbons (Fsp3) is 0.158. The van der Waals surface area contributed by atoms with Crippen molar-refractivity contribution in [3.63, 3.8) is 0 Å². The molecule has 0 unspecified atom stereocenters. The van der Waals surface area contributed by atoms with Crippen LogP contribution < -0.4 is 27.2 Å². The molecule has 2 heterocycles. The molecule has 1 aromatic heterocycles. The van der Waals surface area contributed by atoms with E-state index in [2.05, 4.69) is 15.8 Å². The number of hydrazine groups is 1. The molecule has 156 valence electrons. The van der Waals surface area contributed by atoms with Crippen molar-refractivity contribution in [1.29, 1.82) is 0 Å². The van der Waals surface area contributed by atoms with Crippen molar-refractivity contribution in [2.24, 2.45) is 16.8 Å². The molecule has 1 fully saturated rings. The van der Waals surface area contributed by atoms with Gasteiger partial charge in [0.2, 0.25) is 0 Å². The fourth-order valence-electron chi connectivity index (χ4n) is 2.92. The van der Waals surface area contributed by atoms with Gasteiger partial charge in [0.1, 0.15) is 23.8 Å². The summed E-state index contributed by atoms with van der Waals surface area (Å²) < 4.78 is 44.4. The summed E-state index contributed by atoms with van der Waals surface area (Å²) in [6.45, 7) is 0.813. The standard InChI is InChI=1S/C19H17F2N5O4/c20-14-4-11-13(8-29-17(11)5-12(14)18(25-22)26-23)19(27)24-9-1-2-16(15(21)3-9)30-10-6-28-7-10/h1-5,8,10H,6-7,22-23H2,(H,24,27)(H,25,26). The summed E-state index contributed by atoms with van der Waals surface area (Å²) in [6.07, 6.45) is 0.985. The summed E-state index contributed by atoms with van der Waals surface area (Å²) in [5.41, 5.74) is 2.63. The zero-order valence-electron chi connectivity index (χ0n) is 15.4. The number of anilines is 1. The summed E-state index contributed by atoms with van der Waals surface area (Å²) in [5.74, 6) is 8.45. The van der Waals surface area contributed by atoms with Crippen molar-refractivity contribution in [2.45, 2.75) is 6.10 Å². The lowest BCUT2D eigenvalue weighted by Crippen LogP contribution is -2.38. The molecule has 0 atom stereocenters. The Hall–Kier alpha value is -3.70. The largest absolute Gasteiger partial charge is 0.483 e. The van der Waals surface area contributed by atoms with Crippen molar-refractivity contribution in [2.75, 3.05) is 18.5 Å². The number of nitrogens with zero attached hydrogens (tertiary/aromatic N) is 1. The van der Waals surface area contributed by atoms with E-state index in [4.69, 9.17) is 25.6 Å². The molecular weight excluding hydrogens is 400 g/mol. The van der Waals surface area contributed by atoms with E-state index in [-0.39, 0.29) is 45.5 Å². The average Bonchev–Trinajstić information content (AvgIpc) is 3.10. The third-order valence-corrected chi connectivity index (χ3v) is 4.52. The maximum atomic E-state index is 14.4. The Labute approximate surface area is 168 Å². The minimum Gasteiger partial charge on any atom is -0.483 e. The van der Waals surface area contributed by atoms with Gasteiger partial charge in [-0.1, -0.05) is 0 Å². The smallest absolute Gasteiger partial charge is 0.259 e. The van der Waals surface area contributed by atoms with Crippen LogP contribution >= 0.6 is 0 Å². The highest BCUT2D eigenvalue weighted by Crippen LogP contribution is 2.27. The third kappa shape index (κ3) is 3.63. The molecule has 0 spiro atoms. The second kappa shape index (κ2) is 7.97. The predicted molar refractivity (Wildman–Crippen MR) is 104 cm³/mol. The summed E-state index contributed by atoms with van der Waals surface area (Å²) in [7, 11) is 0. The fourth-order valence-corrected chi connectivity index (χ4v) is 2.92. The number of nitrogens with two attached hydrogens (primary N) is 2. The number of amides is 1. The highest BCUT2D eigenvalue weighted by Gasteiger charge is 2.22. The Bertz CT molecular complexity index is 1140. The van der Waals surface area contributed by atoms with E-state index in [1.807, 2.05) is 0 Å². The van der Waals surface area contributed by atoms with Gasteiger partial charge in [-0.3, -0.25) is 4.79 Å². The monoisotopic (exact) mass is 417 g/mol. The number of hydrazone groups is 1. The second-order valence-corrected chi connectivity index (χ2v) is 6.48. The summed E-state index contributed by atoms with van der Waals surface area (Å²) >= 11 is 0. The van der Waals surface area contributed by atoms with E-state index < -0.39 is 17.5 Å². The number of ether oxygens (including phenoxy) is 2. The van der Waals surface area contributed by atoms with Crippen LogP contribution in [0.1, 0.15) is 15.9 Å². The number of benzene rings is 2. The van der Waals surface area contributed by atoms with Crippen molar-refractivity contribution in [3.8, 4) is 5.75 Å². The number of carbonyl (C=O) groups excluding carboxylic acids is 1. The molecule has 1 aliphatic rings. The molecule has 0 bridgehead atoms. The van der Waals surface area contributed by atoms with Crippen LogP contribution in [0.25, 0.3) is 11.0 Å². The van der Waals surface area contributed by atoms with E-state index >= 15 is 0 Å². The number of nitrogens with one attached hydrogen (secondary N) is 2. The summed E-state index contributed by atoms with van der Waals surface area (Å²) in [4.78, 5) is 12.6. The van der Waals surface area contributed by atoms with E-state index in [1.54, 1.807) is 0 Å². The molecule has 9 nitrogen and oxygen atoms in total. The van der Waals surface area contributed by atoms with Gasteiger partial charge < -0.3 is 30.5 Å². The maximum absolute atomic E-state index is 14.4. The molecule has 0 aliphatic carbocycles. The molecule has 6 N–H and O–H groups in total. The quantitative estimate of drug-likeness (QED) is 0.215. The topological polar surface area (TPSA) is 137 Å². The van der Waals surface area contributed by atoms with Crippen LogP contribution in [-0.4, -0.2) is 31.1 Å². The van der Waals surface area contributed by atoms with Gasteiger partial charge in [-0.25, -0.2) is 14.6 Å². The lowest BCUT2D eigenvalue weighted by atomic mass is 10.1. The van der Waals surface area contributed by atoms with E-state index in [0.29, 0.717) is 13.2 Å². The molecule has 0 saturated carbocycles. The number of halogens is 2. The minimum atomic E-state index is -0.715. The molecule has 4 rings (SSSR count). The van der Waals surface area contributed by atoms with Crippen LogP contribution in [0.15, 0.2) is 46.1 Å². The molecule has 1 amide bonds. The SMILES string of the molecule is N/N=C(\NN)c1cc2occ(C(=O)Nc3ccc(OC4COC4)c(F)c3)c2cc1F. The number of carbonyl (C=O) groups is 1. The first-order chi connectivity index (χ1) is 14.5. The zero-order valence-corrected chi connectivity index (χ0v) is 15.4. The van der Waals surface area contributed by atoms with Gasteiger partial charge in [0.15, 0.2) is 17.4 Å². The minimum absolute atomic E-state index is 0.0247. The maximum Gasteiger partial charge on any atom is 0.259 e.